The van der Waals surface area contributed by atoms with Gasteiger partial charge in [0, 0.05) is 20.3 Å². The van der Waals surface area contributed by atoms with Crippen molar-refractivity contribution < 1.29 is 19.3 Å². The summed E-state index contributed by atoms with van der Waals surface area (Å²) >= 11 is 0. The maximum Gasteiger partial charge on any atom is 0.0806 e. The molecule has 4 heteroatoms. The number of aliphatic hydroxyl groups is 1. The summed E-state index contributed by atoms with van der Waals surface area (Å²) in [5.41, 5.74) is 0. The van der Waals surface area contributed by atoms with E-state index in [-0.39, 0.29) is 12.2 Å². The first-order valence-corrected chi connectivity index (χ1v) is 5.58. The molecule has 0 spiro atoms. The van der Waals surface area contributed by atoms with Crippen LogP contribution in [0.2, 0.25) is 0 Å². The lowest BCUT2D eigenvalue weighted by atomic mass is 10.2. The van der Waals surface area contributed by atoms with Gasteiger partial charge in [-0.05, 0) is 19.8 Å². The van der Waals surface area contributed by atoms with Crippen molar-refractivity contribution in [3.63, 3.8) is 0 Å². The number of rotatable bonds is 10. The van der Waals surface area contributed by atoms with Crippen molar-refractivity contribution in [1.29, 1.82) is 0 Å². The van der Waals surface area contributed by atoms with Crippen molar-refractivity contribution in [3.8, 4) is 0 Å². The molecule has 1 N–H and O–H groups in total. The lowest BCUT2D eigenvalue weighted by molar-refractivity contribution is -0.0487. The van der Waals surface area contributed by atoms with E-state index in [0.29, 0.717) is 19.8 Å². The predicted octanol–water partition coefficient (Wildman–Crippen LogP) is 1.22. The van der Waals surface area contributed by atoms with E-state index in [1.165, 1.54) is 0 Å². The first-order valence-electron chi connectivity index (χ1n) is 5.58. The van der Waals surface area contributed by atoms with E-state index in [2.05, 4.69) is 0 Å². The van der Waals surface area contributed by atoms with Gasteiger partial charge in [-0.2, -0.15) is 0 Å². The van der Waals surface area contributed by atoms with Crippen molar-refractivity contribution in [2.45, 2.75) is 38.9 Å². The number of methoxy groups -OCH3 is 1. The summed E-state index contributed by atoms with van der Waals surface area (Å²) in [5.74, 6) is 0. The average molecular weight is 220 g/mol. The molecule has 0 saturated heterocycles. The molecular weight excluding hydrogens is 196 g/mol. The molecule has 0 rings (SSSR count). The second-order valence-electron chi connectivity index (χ2n) is 3.51. The summed E-state index contributed by atoms with van der Waals surface area (Å²) in [6.07, 6.45) is 1.13. The van der Waals surface area contributed by atoms with Crippen molar-refractivity contribution in [2.75, 3.05) is 33.5 Å². The van der Waals surface area contributed by atoms with Crippen LogP contribution in [-0.2, 0) is 14.2 Å². The zero-order chi connectivity index (χ0) is 11.5. The maximum atomic E-state index is 9.42. The molecule has 4 nitrogen and oxygen atoms in total. The molecular formula is C11H24O4. The highest BCUT2D eigenvalue weighted by molar-refractivity contribution is 4.60. The van der Waals surface area contributed by atoms with Crippen LogP contribution in [0.5, 0.6) is 0 Å². The fraction of sp³-hybridized carbons (Fsp3) is 1.00. The van der Waals surface area contributed by atoms with E-state index in [0.717, 1.165) is 19.4 Å². The monoisotopic (exact) mass is 220 g/mol. The maximum absolute atomic E-state index is 9.42. The smallest absolute Gasteiger partial charge is 0.0806 e. The third-order valence-corrected chi connectivity index (χ3v) is 2.21. The Kier molecular flexibility index (Phi) is 10.3. The van der Waals surface area contributed by atoms with Gasteiger partial charge >= 0.3 is 0 Å². The van der Waals surface area contributed by atoms with Crippen LogP contribution >= 0.6 is 0 Å². The fourth-order valence-corrected chi connectivity index (χ4v) is 1.14. The van der Waals surface area contributed by atoms with Crippen molar-refractivity contribution in [2.24, 2.45) is 0 Å². The molecule has 0 aliphatic carbocycles. The van der Waals surface area contributed by atoms with Crippen LogP contribution in [0.25, 0.3) is 0 Å². The second-order valence-corrected chi connectivity index (χ2v) is 3.51. The van der Waals surface area contributed by atoms with Gasteiger partial charge in [0.05, 0.1) is 25.4 Å². The minimum absolute atomic E-state index is 0.113. The van der Waals surface area contributed by atoms with E-state index < -0.39 is 0 Å². The van der Waals surface area contributed by atoms with E-state index in [1.807, 2.05) is 13.8 Å². The summed E-state index contributed by atoms with van der Waals surface area (Å²) in [7, 11) is 1.68. The highest BCUT2D eigenvalue weighted by Crippen LogP contribution is 2.01. The Bertz CT molecular complexity index is 130. The van der Waals surface area contributed by atoms with Crippen LogP contribution in [-0.4, -0.2) is 50.9 Å². The molecule has 0 bridgehead atoms. The van der Waals surface area contributed by atoms with E-state index in [4.69, 9.17) is 14.2 Å². The minimum Gasteiger partial charge on any atom is -0.390 e. The fourth-order valence-electron chi connectivity index (χ4n) is 1.14. The molecule has 0 amide bonds. The standard InChI is InChI=1S/C11H24O4/c1-4-11(12)10(2)15-9-8-14-7-5-6-13-3/h10-12H,4-9H2,1-3H3. The van der Waals surface area contributed by atoms with Crippen LogP contribution in [0.15, 0.2) is 0 Å². The number of hydrogen-bond donors (Lipinski definition) is 1. The largest absolute Gasteiger partial charge is 0.390 e. The molecule has 0 aromatic heterocycles. The van der Waals surface area contributed by atoms with Gasteiger partial charge < -0.3 is 19.3 Å². The molecule has 0 aromatic rings. The van der Waals surface area contributed by atoms with Gasteiger partial charge in [-0.3, -0.25) is 0 Å². The first kappa shape index (κ1) is 14.8. The summed E-state index contributed by atoms with van der Waals surface area (Å²) < 4.78 is 15.6. The number of aliphatic hydroxyl groups excluding tert-OH is 1. The number of hydrogen-bond acceptors (Lipinski definition) is 4. The van der Waals surface area contributed by atoms with Crippen molar-refractivity contribution >= 4 is 0 Å². The third kappa shape index (κ3) is 8.81. The summed E-state index contributed by atoms with van der Waals surface area (Å²) in [5, 5.41) is 9.42. The lowest BCUT2D eigenvalue weighted by Gasteiger charge is -2.17. The zero-order valence-electron chi connectivity index (χ0n) is 10.1. The Labute approximate surface area is 92.5 Å². The molecule has 0 aromatic carbocycles. The Morgan fingerprint density at radius 2 is 1.87 bits per heavy atom. The van der Waals surface area contributed by atoms with Crippen LogP contribution in [0.1, 0.15) is 26.7 Å². The summed E-state index contributed by atoms with van der Waals surface area (Å²) in [6, 6.07) is 0. The van der Waals surface area contributed by atoms with Crippen LogP contribution < -0.4 is 0 Å². The molecule has 0 aliphatic rings. The first-order chi connectivity index (χ1) is 7.22. The number of ether oxygens (including phenoxy) is 3. The molecule has 2 unspecified atom stereocenters. The topological polar surface area (TPSA) is 47.9 Å². The average Bonchev–Trinajstić information content (AvgIpc) is 2.26. The molecule has 15 heavy (non-hydrogen) atoms. The van der Waals surface area contributed by atoms with E-state index in [9.17, 15) is 5.11 Å². The highest BCUT2D eigenvalue weighted by atomic mass is 16.5. The highest BCUT2D eigenvalue weighted by Gasteiger charge is 2.11. The third-order valence-electron chi connectivity index (χ3n) is 2.21. The Morgan fingerprint density at radius 3 is 2.47 bits per heavy atom. The van der Waals surface area contributed by atoms with Gasteiger partial charge in [0.1, 0.15) is 0 Å². The molecule has 0 aliphatic heterocycles. The van der Waals surface area contributed by atoms with Crippen LogP contribution in [0.3, 0.4) is 0 Å². The minimum atomic E-state index is -0.376. The van der Waals surface area contributed by atoms with Crippen molar-refractivity contribution in [3.05, 3.63) is 0 Å². The molecule has 2 atom stereocenters. The Balaban J connectivity index is 3.16. The van der Waals surface area contributed by atoms with E-state index >= 15 is 0 Å². The predicted molar refractivity (Wildman–Crippen MR) is 59.0 cm³/mol. The van der Waals surface area contributed by atoms with Gasteiger partial charge in [0.25, 0.3) is 0 Å². The normalized spacial score (nSPS) is 15.2. The second kappa shape index (κ2) is 10.4. The Morgan fingerprint density at radius 1 is 1.13 bits per heavy atom. The SMILES string of the molecule is CCC(O)C(C)OCCOCCCOC. The van der Waals surface area contributed by atoms with Crippen LogP contribution in [0.4, 0.5) is 0 Å². The van der Waals surface area contributed by atoms with Crippen LogP contribution in [0, 0.1) is 0 Å². The molecule has 92 valence electrons. The quantitative estimate of drug-likeness (QED) is 0.562. The van der Waals surface area contributed by atoms with Gasteiger partial charge in [-0.15, -0.1) is 0 Å². The lowest BCUT2D eigenvalue weighted by Crippen LogP contribution is -2.26. The molecule has 0 fully saturated rings. The molecule has 0 heterocycles. The summed E-state index contributed by atoms with van der Waals surface area (Å²) in [4.78, 5) is 0. The van der Waals surface area contributed by atoms with Crippen molar-refractivity contribution in [1.82, 2.24) is 0 Å². The van der Waals surface area contributed by atoms with Gasteiger partial charge in [0.15, 0.2) is 0 Å². The molecule has 0 radical (unpaired) electrons. The zero-order valence-corrected chi connectivity index (χ0v) is 10.1. The van der Waals surface area contributed by atoms with Gasteiger partial charge in [0.2, 0.25) is 0 Å². The molecule has 0 saturated carbocycles. The van der Waals surface area contributed by atoms with Gasteiger partial charge in [-0.1, -0.05) is 6.92 Å². The summed E-state index contributed by atoms with van der Waals surface area (Å²) in [6.45, 7) is 6.34. The van der Waals surface area contributed by atoms with E-state index in [1.54, 1.807) is 7.11 Å². The Hall–Kier alpha value is -0.160. The van der Waals surface area contributed by atoms with Gasteiger partial charge in [-0.25, -0.2) is 0 Å².